The van der Waals surface area contributed by atoms with Crippen molar-refractivity contribution in [3.8, 4) is 28.1 Å². The third-order valence-corrected chi connectivity index (χ3v) is 7.07. The molecule has 0 unspecified atom stereocenters. The lowest BCUT2D eigenvalue weighted by Gasteiger charge is -2.17. The number of imidazole rings is 1. The predicted molar refractivity (Wildman–Crippen MR) is 138 cm³/mol. The topological polar surface area (TPSA) is 120 Å². The van der Waals surface area contributed by atoms with Crippen molar-refractivity contribution in [2.24, 2.45) is 5.92 Å². The number of H-pyrrole nitrogens is 1. The number of halogens is 5. The number of alkyl halides is 3. The largest absolute Gasteiger partial charge is 0.436 e. The smallest absolute Gasteiger partial charge is 0.384 e. The van der Waals surface area contributed by atoms with E-state index in [0.29, 0.717) is 39.8 Å². The first-order chi connectivity index (χ1) is 19.0. The fourth-order valence-electron chi connectivity index (χ4n) is 5.07. The average Bonchev–Trinajstić information content (AvgIpc) is 3.62. The molecule has 0 aliphatic carbocycles. The molecule has 1 aliphatic rings. The van der Waals surface area contributed by atoms with Crippen LogP contribution in [0.5, 0.6) is 0 Å². The number of pyridine rings is 2. The van der Waals surface area contributed by atoms with Crippen molar-refractivity contribution in [2.45, 2.75) is 25.6 Å². The molecule has 0 saturated carbocycles. The molecule has 4 aromatic heterocycles. The van der Waals surface area contributed by atoms with E-state index >= 15 is 0 Å². The molecule has 9 nitrogen and oxygen atoms in total. The highest BCUT2D eigenvalue weighted by Crippen LogP contribution is 2.38. The van der Waals surface area contributed by atoms with Crippen LogP contribution in [0.25, 0.3) is 28.1 Å². The minimum Gasteiger partial charge on any atom is -0.384 e. The molecule has 14 heteroatoms. The molecule has 0 fully saturated rings. The van der Waals surface area contributed by atoms with Gasteiger partial charge in [-0.25, -0.2) is 14.6 Å². The molecule has 6 rings (SSSR count). The number of rotatable bonds is 4. The molecule has 1 aromatic carbocycles. The van der Waals surface area contributed by atoms with E-state index in [9.17, 15) is 22.4 Å². The molecular weight excluding hydrogens is 552 g/mol. The van der Waals surface area contributed by atoms with Gasteiger partial charge in [-0.2, -0.15) is 17.6 Å². The van der Waals surface area contributed by atoms with Gasteiger partial charge in [-0.3, -0.25) is 4.79 Å². The standard InChI is InChI=1S/C26H19ClF4N8O/c1-12-6-15-7-13(17-9-14(27)2-4-19(17)38-11-20(36-37-38)26(29,30)31)8-22(40)39(15)23(12)25-33-10-18(34-25)16-3-5-21(32)35-24(16)28/h2-5,7-12,23H,6H2,1H3,(H2,32,35)(H,33,34)/t12-,23-/m0/s1. The lowest BCUT2D eigenvalue weighted by atomic mass is 10.0. The normalized spacial score (nSPS) is 16.9. The van der Waals surface area contributed by atoms with Crippen LogP contribution in [0, 0.1) is 11.9 Å². The second-order valence-electron chi connectivity index (χ2n) is 9.53. The van der Waals surface area contributed by atoms with E-state index in [1.807, 2.05) is 6.92 Å². The first kappa shape index (κ1) is 25.7. The summed E-state index contributed by atoms with van der Waals surface area (Å²) in [4.78, 5) is 24.7. The Labute approximate surface area is 228 Å². The Hall–Kier alpha value is -4.52. The lowest BCUT2D eigenvalue weighted by molar-refractivity contribution is -0.141. The lowest BCUT2D eigenvalue weighted by Crippen LogP contribution is -2.25. The van der Waals surface area contributed by atoms with Gasteiger partial charge in [-0.1, -0.05) is 23.7 Å². The molecule has 5 aromatic rings. The number of hydrogen-bond donors (Lipinski definition) is 2. The fourth-order valence-corrected chi connectivity index (χ4v) is 5.25. The Morgan fingerprint density at radius 3 is 2.65 bits per heavy atom. The van der Waals surface area contributed by atoms with Gasteiger partial charge in [0.2, 0.25) is 5.95 Å². The van der Waals surface area contributed by atoms with Gasteiger partial charge in [0.15, 0.2) is 5.69 Å². The predicted octanol–water partition coefficient (Wildman–Crippen LogP) is 5.06. The molecule has 3 N–H and O–H groups in total. The molecule has 0 saturated heterocycles. The van der Waals surface area contributed by atoms with Crippen LogP contribution in [-0.4, -0.2) is 34.5 Å². The van der Waals surface area contributed by atoms with Gasteiger partial charge in [-0.15, -0.1) is 5.10 Å². The monoisotopic (exact) mass is 570 g/mol. The summed E-state index contributed by atoms with van der Waals surface area (Å²) in [6.07, 6.45) is -1.90. The quantitative estimate of drug-likeness (QED) is 0.230. The number of nitrogen functional groups attached to an aromatic ring is 1. The third-order valence-electron chi connectivity index (χ3n) is 6.83. The van der Waals surface area contributed by atoms with Crippen LogP contribution in [-0.2, 0) is 12.6 Å². The molecule has 0 spiro atoms. The fraction of sp³-hybridized carbons (Fsp3) is 0.192. The van der Waals surface area contributed by atoms with Crippen LogP contribution in [0.2, 0.25) is 5.02 Å². The minimum atomic E-state index is -4.66. The van der Waals surface area contributed by atoms with E-state index in [2.05, 4.69) is 25.3 Å². The Kier molecular flexibility index (Phi) is 5.98. The Morgan fingerprint density at radius 2 is 1.93 bits per heavy atom. The highest BCUT2D eigenvalue weighted by atomic mass is 35.5. The number of nitrogens with two attached hydrogens (primary N) is 1. The zero-order valence-corrected chi connectivity index (χ0v) is 21.4. The molecule has 1 aliphatic heterocycles. The zero-order chi connectivity index (χ0) is 28.3. The summed E-state index contributed by atoms with van der Waals surface area (Å²) in [5, 5.41) is 7.19. The first-order valence-electron chi connectivity index (χ1n) is 12.0. The third kappa shape index (κ3) is 4.41. The van der Waals surface area contributed by atoms with Crippen molar-refractivity contribution in [1.82, 2.24) is 34.5 Å². The van der Waals surface area contributed by atoms with Crippen molar-refractivity contribution in [3.05, 3.63) is 93.4 Å². The Bertz CT molecular complexity index is 1830. The van der Waals surface area contributed by atoms with Crippen LogP contribution in [0.4, 0.5) is 23.4 Å². The van der Waals surface area contributed by atoms with Crippen molar-refractivity contribution in [1.29, 1.82) is 0 Å². The van der Waals surface area contributed by atoms with E-state index in [1.54, 1.807) is 16.7 Å². The van der Waals surface area contributed by atoms with Gasteiger partial charge in [0.05, 0.1) is 35.4 Å². The summed E-state index contributed by atoms with van der Waals surface area (Å²) in [6.45, 7) is 1.96. The van der Waals surface area contributed by atoms with Gasteiger partial charge in [-0.05, 0) is 54.3 Å². The van der Waals surface area contributed by atoms with Crippen LogP contribution in [0.1, 0.15) is 30.2 Å². The molecule has 2 atom stereocenters. The van der Waals surface area contributed by atoms with Gasteiger partial charge >= 0.3 is 6.18 Å². The molecule has 204 valence electrons. The highest BCUT2D eigenvalue weighted by Gasteiger charge is 2.36. The number of hydrogen-bond acceptors (Lipinski definition) is 6. The molecule has 40 heavy (non-hydrogen) atoms. The number of fused-ring (bicyclic) bond motifs is 1. The zero-order valence-electron chi connectivity index (χ0n) is 20.6. The van der Waals surface area contributed by atoms with E-state index in [4.69, 9.17) is 17.3 Å². The number of benzene rings is 1. The second-order valence-corrected chi connectivity index (χ2v) is 9.97. The SMILES string of the molecule is C[C@H]1Cc2cc(-c3cc(Cl)ccc3-n3cc(C(F)(F)F)nn3)cc(=O)n2[C@@H]1c1ncc(-c2ccc(N)nc2F)[nH]1. The van der Waals surface area contributed by atoms with Crippen LogP contribution in [0.3, 0.4) is 0 Å². The number of aromatic amines is 1. The van der Waals surface area contributed by atoms with Crippen LogP contribution < -0.4 is 11.3 Å². The maximum Gasteiger partial charge on any atom is 0.436 e. The van der Waals surface area contributed by atoms with Crippen LogP contribution >= 0.6 is 11.6 Å². The summed E-state index contributed by atoms with van der Waals surface area (Å²) in [5.41, 5.74) is 6.47. The summed E-state index contributed by atoms with van der Waals surface area (Å²) >= 11 is 6.23. The van der Waals surface area contributed by atoms with E-state index in [0.717, 1.165) is 10.9 Å². The number of nitrogens with zero attached hydrogens (tertiary/aromatic N) is 6. The van der Waals surface area contributed by atoms with Gasteiger partial charge in [0, 0.05) is 22.3 Å². The van der Waals surface area contributed by atoms with Gasteiger partial charge < -0.3 is 15.3 Å². The number of nitrogens with one attached hydrogen (secondary N) is 1. The Morgan fingerprint density at radius 1 is 1.12 bits per heavy atom. The van der Waals surface area contributed by atoms with E-state index in [1.165, 1.54) is 36.5 Å². The van der Waals surface area contributed by atoms with E-state index < -0.39 is 23.9 Å². The Balaban J connectivity index is 1.40. The average molecular weight is 571 g/mol. The summed E-state index contributed by atoms with van der Waals surface area (Å²) in [6, 6.07) is 10.3. The number of aromatic nitrogens is 7. The molecule has 0 radical (unpaired) electrons. The summed E-state index contributed by atoms with van der Waals surface area (Å²) < 4.78 is 56.4. The van der Waals surface area contributed by atoms with Crippen molar-refractivity contribution >= 4 is 17.4 Å². The highest BCUT2D eigenvalue weighted by molar-refractivity contribution is 6.31. The maximum absolute atomic E-state index is 14.4. The maximum atomic E-state index is 14.4. The molecule has 0 amide bonds. The van der Waals surface area contributed by atoms with Gasteiger partial charge in [0.1, 0.15) is 11.6 Å². The van der Waals surface area contributed by atoms with Gasteiger partial charge in [0.25, 0.3) is 5.56 Å². The van der Waals surface area contributed by atoms with Crippen molar-refractivity contribution in [2.75, 3.05) is 5.73 Å². The van der Waals surface area contributed by atoms with E-state index in [-0.39, 0.29) is 28.5 Å². The van der Waals surface area contributed by atoms with Crippen molar-refractivity contribution in [3.63, 3.8) is 0 Å². The minimum absolute atomic E-state index is 0.0501. The number of anilines is 1. The van der Waals surface area contributed by atoms with Crippen LogP contribution in [0.15, 0.2) is 59.7 Å². The molecular formula is C26H19ClF4N8O. The summed E-state index contributed by atoms with van der Waals surface area (Å²) in [7, 11) is 0. The van der Waals surface area contributed by atoms with Crippen molar-refractivity contribution < 1.29 is 17.6 Å². The molecule has 0 bridgehead atoms. The first-order valence-corrected chi connectivity index (χ1v) is 12.4. The second kappa shape index (κ2) is 9.30. The molecule has 5 heterocycles. The summed E-state index contributed by atoms with van der Waals surface area (Å²) in [5.74, 6) is -0.281.